The Balaban J connectivity index is 0.776. The highest BCUT2D eigenvalue weighted by Gasteiger charge is 2.49. The highest BCUT2D eigenvalue weighted by molar-refractivity contribution is 7.99. The van der Waals surface area contributed by atoms with Crippen molar-refractivity contribution < 1.29 is 58.6 Å². The molecular formula is C66H84ClF3N10O10S3. The molecule has 1 aromatic heterocycles. The second-order valence-corrected chi connectivity index (χ2v) is 30.4. The summed E-state index contributed by atoms with van der Waals surface area (Å²) in [4.78, 5) is 48.6. The van der Waals surface area contributed by atoms with Gasteiger partial charge in [0.05, 0.1) is 17.2 Å². The molecule has 4 aromatic carbocycles. The predicted molar refractivity (Wildman–Crippen MR) is 355 cm³/mol. The van der Waals surface area contributed by atoms with Gasteiger partial charge in [-0.3, -0.25) is 19.4 Å². The van der Waals surface area contributed by atoms with Gasteiger partial charge in [0.15, 0.2) is 11.5 Å². The maximum absolute atomic E-state index is 14.4. The van der Waals surface area contributed by atoms with Crippen molar-refractivity contribution in [2.45, 2.75) is 98.1 Å². The highest BCUT2D eigenvalue weighted by Crippen LogP contribution is 2.44. The van der Waals surface area contributed by atoms with E-state index in [-0.39, 0.29) is 35.8 Å². The number of rotatable bonds is 26. The molecule has 3 saturated heterocycles. The van der Waals surface area contributed by atoms with E-state index < -0.39 is 64.4 Å². The summed E-state index contributed by atoms with van der Waals surface area (Å²) in [5, 5.41) is 15.2. The van der Waals surface area contributed by atoms with E-state index in [1.807, 2.05) is 53.3 Å². The van der Waals surface area contributed by atoms with E-state index in [0.29, 0.717) is 81.4 Å². The van der Waals surface area contributed by atoms with Gasteiger partial charge in [0.2, 0.25) is 0 Å². The Hall–Kier alpha value is -6.36. The van der Waals surface area contributed by atoms with Crippen LogP contribution in [0.1, 0.15) is 92.6 Å². The smallest absolute Gasteiger partial charge is 0.458 e. The number of hydrogen-bond donors (Lipinski definition) is 3. The van der Waals surface area contributed by atoms with Crippen molar-refractivity contribution in [1.29, 1.82) is 0 Å². The average molecular weight is 1370 g/mol. The van der Waals surface area contributed by atoms with Gasteiger partial charge in [0.25, 0.3) is 31.7 Å². The topological polar surface area (TPSA) is 225 Å². The molecule has 2 unspecified atom stereocenters. The van der Waals surface area contributed by atoms with Crippen LogP contribution in [0.5, 0.6) is 0 Å². The molecule has 9 rings (SSSR count). The van der Waals surface area contributed by atoms with Gasteiger partial charge in [-0.1, -0.05) is 54.4 Å². The van der Waals surface area contributed by atoms with Crippen molar-refractivity contribution in [2.24, 2.45) is 5.41 Å². The number of carbonyl (C=O) groups excluding carboxylic acids is 3. The lowest BCUT2D eigenvalue weighted by Gasteiger charge is -2.44. The summed E-state index contributed by atoms with van der Waals surface area (Å²) in [6.45, 7) is 19.1. The predicted octanol–water partition coefficient (Wildman–Crippen LogP) is 9.29. The number of benzene rings is 4. The van der Waals surface area contributed by atoms with E-state index in [9.17, 15) is 44.4 Å². The molecule has 0 saturated carbocycles. The van der Waals surface area contributed by atoms with E-state index in [2.05, 4.69) is 64.4 Å². The van der Waals surface area contributed by atoms with Gasteiger partial charge in [-0.15, -0.1) is 22.0 Å². The van der Waals surface area contributed by atoms with Gasteiger partial charge < -0.3 is 39.5 Å². The second kappa shape index (κ2) is 31.9. The molecule has 0 bridgehead atoms. The number of alkyl halides is 3. The zero-order valence-electron chi connectivity index (χ0n) is 53.1. The minimum atomic E-state index is -6.10. The third-order valence-corrected chi connectivity index (χ3v) is 21.1. The van der Waals surface area contributed by atoms with Crippen LogP contribution in [0, 0.1) is 5.41 Å². The molecule has 5 aromatic rings. The molecule has 4 heterocycles. The lowest BCUT2D eigenvalue weighted by Crippen LogP contribution is -2.50. The number of amides is 2. The summed E-state index contributed by atoms with van der Waals surface area (Å²) in [7, 11) is -11.0. The number of carbonyl (C=O) groups is 3. The zero-order valence-corrected chi connectivity index (χ0v) is 56.3. The fourth-order valence-corrected chi connectivity index (χ4v) is 15.1. The molecule has 3 aliphatic heterocycles. The Kier molecular flexibility index (Phi) is 24.3. The first-order valence-corrected chi connectivity index (χ1v) is 35.8. The van der Waals surface area contributed by atoms with E-state index in [4.69, 9.17) is 25.8 Å². The van der Waals surface area contributed by atoms with Crippen LogP contribution in [0.15, 0.2) is 129 Å². The number of sulfonamides is 1. The van der Waals surface area contributed by atoms with Gasteiger partial charge in [0, 0.05) is 138 Å². The quantitative estimate of drug-likeness (QED) is 0.0266. The number of nitrogens with zero attached hydrogens (tertiary/aromatic N) is 7. The van der Waals surface area contributed by atoms with E-state index in [1.165, 1.54) is 40.6 Å². The maximum atomic E-state index is 14.4. The molecule has 0 spiro atoms. The Labute approximate surface area is 553 Å². The number of hydrogen-bond acceptors (Lipinski definition) is 19. The number of thioether (sulfide) groups is 1. The first kappa shape index (κ1) is 70.9. The highest BCUT2D eigenvalue weighted by atomic mass is 35.5. The monoisotopic (exact) mass is 1360 g/mol. The normalized spacial score (nSPS) is 18.8. The van der Waals surface area contributed by atoms with Gasteiger partial charge in [0.1, 0.15) is 17.1 Å². The number of anilines is 3. The van der Waals surface area contributed by atoms with Crippen LogP contribution in [-0.4, -0.2) is 200 Å². The Morgan fingerprint density at radius 3 is 2.18 bits per heavy atom. The van der Waals surface area contributed by atoms with Gasteiger partial charge in [-0.05, 0) is 155 Å². The largest absolute Gasteiger partial charge is 0.501 e. The number of piperazine rings is 2. The summed E-state index contributed by atoms with van der Waals surface area (Å²) in [6, 6.07) is 29.2. The molecule has 20 nitrogen and oxygen atoms in total. The first-order chi connectivity index (χ1) is 44.3. The van der Waals surface area contributed by atoms with Crippen LogP contribution in [0.4, 0.5) is 30.4 Å². The van der Waals surface area contributed by atoms with Crippen LogP contribution < -0.4 is 25.2 Å². The lowest BCUT2D eigenvalue weighted by atomic mass is 9.71. The number of allylic oxidation sites excluding steroid dienone is 1. The van der Waals surface area contributed by atoms with Crippen molar-refractivity contribution in [1.82, 2.24) is 34.9 Å². The van der Waals surface area contributed by atoms with Gasteiger partial charge in [-0.2, -0.15) is 13.2 Å². The molecule has 504 valence electrons. The number of aromatic nitrogens is 2. The van der Waals surface area contributed by atoms with Crippen molar-refractivity contribution in [2.75, 3.05) is 139 Å². The molecule has 2 amide bonds. The van der Waals surface area contributed by atoms with Crippen LogP contribution in [0.3, 0.4) is 0 Å². The van der Waals surface area contributed by atoms with Crippen LogP contribution in [-0.2, 0) is 38.9 Å². The van der Waals surface area contributed by atoms with Crippen LogP contribution in [0.2, 0.25) is 5.02 Å². The minimum absolute atomic E-state index is 0.00960. The number of nitrogens with one attached hydrogen (secondary N) is 3. The molecule has 93 heavy (non-hydrogen) atoms. The number of esters is 1. The maximum Gasteiger partial charge on any atom is 0.501 e. The Morgan fingerprint density at radius 1 is 0.785 bits per heavy atom. The van der Waals surface area contributed by atoms with Crippen molar-refractivity contribution in [3.8, 4) is 0 Å². The molecular weight excluding hydrogens is 1280 g/mol. The van der Waals surface area contributed by atoms with E-state index in [0.717, 1.165) is 107 Å². The number of sulfone groups is 1. The lowest BCUT2D eigenvalue weighted by molar-refractivity contribution is -0.160. The van der Waals surface area contributed by atoms with Crippen LogP contribution >= 0.6 is 23.4 Å². The fourth-order valence-electron chi connectivity index (χ4n) is 12.0. The van der Waals surface area contributed by atoms with Crippen molar-refractivity contribution >= 4 is 83.8 Å². The molecule has 0 radical (unpaired) electrons. The summed E-state index contributed by atoms with van der Waals surface area (Å²) >= 11 is 7.81. The summed E-state index contributed by atoms with van der Waals surface area (Å²) in [5.74, 6) is -0.760. The Morgan fingerprint density at radius 2 is 1.49 bits per heavy atom. The number of halogens is 4. The molecule has 3 fully saturated rings. The minimum Gasteiger partial charge on any atom is -0.458 e. The SMILES string of the molecule is CC1(CN2CCN(c3ccc(C(=O)NCCCOCC(=O)OC(C)(C)C)nn3)CC2)CCC(c2ccc(Cl)cc2)=C(CN2CCN(c3ccc(C(=O)NS(=O)(=O)c4ccc(NC(CCN5CCCOCC5)CSc5ccccc5)c(S(=O)(=O)C(F)(F)F)c4)cc3)CC2)C1. The number of ether oxygens (including phenoxy) is 3. The molecule has 2 atom stereocenters. The van der Waals surface area contributed by atoms with Gasteiger partial charge in [-0.25, -0.2) is 26.4 Å². The summed E-state index contributed by atoms with van der Waals surface area (Å²) < 4.78 is 115. The van der Waals surface area contributed by atoms with E-state index in [1.54, 1.807) is 39.0 Å². The third-order valence-electron chi connectivity index (χ3n) is 16.8. The standard InChI is InChI=1S/C66H84ClF3N10O10S3/c1-64(2,3)90-61(81)45-89-39-8-27-71-63(83)58-22-23-60(74-73-58)80-36-32-78(33-37-80)47-65(4)26-24-56(48-12-16-51(67)17-13-48)50(43-65)44-77-30-34-79(35-31-77)53-18-14-49(15-19-53)62(82)75-93(86,87)55-20-21-57(59(42-55)92(84,85)66(68,69)70)72-52(46-91-54-10-6-5-7-11-54)25-29-76-28-9-40-88-41-38-76/h5-7,10-23,42,52,72H,8-9,24-41,43-47H2,1-4H3,(H,71,83)(H,75,82). The van der Waals surface area contributed by atoms with Gasteiger partial charge >= 0.3 is 11.5 Å². The average Bonchev–Trinajstić information content (AvgIpc) is 0.882. The zero-order chi connectivity index (χ0) is 66.4. The Bertz CT molecular complexity index is 3590. The molecule has 3 N–H and O–H groups in total. The van der Waals surface area contributed by atoms with Crippen molar-refractivity contribution in [3.63, 3.8) is 0 Å². The van der Waals surface area contributed by atoms with E-state index >= 15 is 0 Å². The van der Waals surface area contributed by atoms with Crippen molar-refractivity contribution in [3.05, 3.63) is 137 Å². The van der Waals surface area contributed by atoms with Crippen LogP contribution in [0.25, 0.3) is 5.57 Å². The fraction of sp³-hybridized carbons (Fsp3) is 0.500. The summed E-state index contributed by atoms with van der Waals surface area (Å²) in [6.07, 6.45) is 4.60. The molecule has 27 heteroatoms. The first-order valence-electron chi connectivity index (χ1n) is 31.5. The molecule has 1 aliphatic carbocycles. The summed E-state index contributed by atoms with van der Waals surface area (Å²) in [5.41, 5.74) is -1.85. The molecule has 4 aliphatic rings. The second-order valence-electron chi connectivity index (χ2n) is 25.3. The third kappa shape index (κ3) is 20.3.